The molecule has 0 aromatic rings. The molecule has 0 N–H and O–H groups in total. The van der Waals surface area contributed by atoms with Gasteiger partial charge in [-0.1, -0.05) is 26.7 Å². The maximum absolute atomic E-state index is 12.3. The Morgan fingerprint density at radius 2 is 2.14 bits per heavy atom. The summed E-state index contributed by atoms with van der Waals surface area (Å²) in [6.45, 7) is 9.14. The van der Waals surface area contributed by atoms with Crippen LogP contribution in [0.5, 0.6) is 0 Å². The molecule has 5 nitrogen and oxygen atoms in total. The van der Waals surface area contributed by atoms with Crippen LogP contribution in [-0.2, 0) is 14.4 Å². The van der Waals surface area contributed by atoms with Crippen LogP contribution in [-0.4, -0.2) is 61.4 Å². The fourth-order valence-corrected chi connectivity index (χ4v) is 2.93. The molecule has 0 aromatic heterocycles. The molecule has 0 saturated carbocycles. The number of nitrogens with zero attached hydrogens (tertiary/aromatic N) is 2. The first-order valence-corrected chi connectivity index (χ1v) is 8.42. The van der Waals surface area contributed by atoms with E-state index in [1.165, 1.54) is 12.8 Å². The Labute approximate surface area is 128 Å². The Morgan fingerprint density at radius 1 is 1.29 bits per heavy atom. The number of ether oxygens (including phenoxy) is 1. The molecule has 0 spiro atoms. The molecule has 2 aliphatic rings. The molecule has 0 unspecified atom stereocenters. The summed E-state index contributed by atoms with van der Waals surface area (Å²) in [5.41, 5.74) is 0. The minimum atomic E-state index is 0.226. The zero-order chi connectivity index (χ0) is 15.1. The van der Waals surface area contributed by atoms with Crippen molar-refractivity contribution >= 4 is 5.91 Å². The predicted octanol–water partition coefficient (Wildman–Crippen LogP) is 2.07. The van der Waals surface area contributed by atoms with Crippen molar-refractivity contribution in [2.24, 2.45) is 5.92 Å². The number of morpholine rings is 1. The van der Waals surface area contributed by atoms with Gasteiger partial charge < -0.3 is 9.64 Å². The zero-order valence-corrected chi connectivity index (χ0v) is 13.6. The summed E-state index contributed by atoms with van der Waals surface area (Å²) in [4.78, 5) is 19.7. The molecule has 0 radical (unpaired) electrons. The number of hydroxylamine groups is 2. The van der Waals surface area contributed by atoms with Crippen molar-refractivity contribution < 1.29 is 14.4 Å². The van der Waals surface area contributed by atoms with Gasteiger partial charge >= 0.3 is 0 Å². The predicted molar refractivity (Wildman–Crippen MR) is 81.8 cm³/mol. The van der Waals surface area contributed by atoms with Gasteiger partial charge in [-0.3, -0.25) is 9.63 Å². The van der Waals surface area contributed by atoms with Gasteiger partial charge in [0.05, 0.1) is 19.3 Å². The molecule has 2 heterocycles. The zero-order valence-electron chi connectivity index (χ0n) is 13.6. The van der Waals surface area contributed by atoms with Crippen molar-refractivity contribution in [3.05, 3.63) is 0 Å². The Morgan fingerprint density at radius 3 is 2.86 bits per heavy atom. The van der Waals surface area contributed by atoms with E-state index in [1.807, 2.05) is 9.96 Å². The van der Waals surface area contributed by atoms with Crippen LogP contribution in [0.3, 0.4) is 0 Å². The van der Waals surface area contributed by atoms with E-state index in [0.717, 1.165) is 45.0 Å². The monoisotopic (exact) mass is 298 g/mol. The first kappa shape index (κ1) is 16.7. The molecule has 0 aliphatic carbocycles. The van der Waals surface area contributed by atoms with Crippen molar-refractivity contribution in [1.82, 2.24) is 9.96 Å². The number of carbonyl (C=O) groups is 1. The summed E-state index contributed by atoms with van der Waals surface area (Å²) in [5, 5.41) is 1.92. The topological polar surface area (TPSA) is 42.0 Å². The van der Waals surface area contributed by atoms with E-state index >= 15 is 0 Å². The van der Waals surface area contributed by atoms with Crippen molar-refractivity contribution in [2.75, 3.05) is 39.4 Å². The van der Waals surface area contributed by atoms with Crippen LogP contribution < -0.4 is 0 Å². The largest absolute Gasteiger partial charge is 0.375 e. The molecular formula is C16H30N2O3. The van der Waals surface area contributed by atoms with E-state index < -0.39 is 0 Å². The van der Waals surface area contributed by atoms with Crippen LogP contribution in [0.25, 0.3) is 0 Å². The molecule has 2 rings (SSSR count). The van der Waals surface area contributed by atoms with Crippen molar-refractivity contribution in [3.8, 4) is 0 Å². The number of rotatable bonds is 7. The van der Waals surface area contributed by atoms with Gasteiger partial charge in [0, 0.05) is 32.6 Å². The molecule has 21 heavy (non-hydrogen) atoms. The number of hydrogen-bond acceptors (Lipinski definition) is 4. The first-order chi connectivity index (χ1) is 10.1. The Hall–Kier alpha value is -0.650. The van der Waals surface area contributed by atoms with E-state index in [4.69, 9.17) is 9.57 Å². The van der Waals surface area contributed by atoms with Crippen LogP contribution in [0, 0.1) is 5.92 Å². The summed E-state index contributed by atoms with van der Waals surface area (Å²) >= 11 is 0. The fraction of sp³-hybridized carbons (Fsp3) is 0.938. The van der Waals surface area contributed by atoms with Crippen LogP contribution in [0.2, 0.25) is 0 Å². The lowest BCUT2D eigenvalue weighted by Gasteiger charge is -2.33. The molecule has 0 bridgehead atoms. The van der Waals surface area contributed by atoms with Crippen molar-refractivity contribution in [2.45, 2.75) is 52.1 Å². The molecule has 2 aliphatic heterocycles. The van der Waals surface area contributed by atoms with Gasteiger partial charge in [0.25, 0.3) is 0 Å². The summed E-state index contributed by atoms with van der Waals surface area (Å²) in [6, 6.07) is 0. The van der Waals surface area contributed by atoms with Gasteiger partial charge in [-0.05, 0) is 18.8 Å². The normalized spacial score (nSPS) is 24.0. The maximum atomic E-state index is 12.3. The van der Waals surface area contributed by atoms with Crippen molar-refractivity contribution in [3.63, 3.8) is 0 Å². The Bertz CT molecular complexity index is 317. The van der Waals surface area contributed by atoms with Gasteiger partial charge in [-0.15, -0.1) is 0 Å². The van der Waals surface area contributed by atoms with Gasteiger partial charge in [-0.2, -0.15) is 5.06 Å². The average Bonchev–Trinajstić information content (AvgIpc) is 2.98. The van der Waals surface area contributed by atoms with Crippen LogP contribution in [0.1, 0.15) is 46.0 Å². The van der Waals surface area contributed by atoms with E-state index in [2.05, 4.69) is 13.8 Å². The van der Waals surface area contributed by atoms with E-state index in [1.54, 1.807) is 0 Å². The molecule has 2 saturated heterocycles. The highest BCUT2D eigenvalue weighted by molar-refractivity contribution is 5.76. The van der Waals surface area contributed by atoms with Gasteiger partial charge in [0.15, 0.2) is 0 Å². The van der Waals surface area contributed by atoms with Crippen LogP contribution in [0.4, 0.5) is 0 Å². The molecule has 0 aromatic carbocycles. The molecule has 1 atom stereocenters. The highest BCUT2D eigenvalue weighted by atomic mass is 16.7. The summed E-state index contributed by atoms with van der Waals surface area (Å²) < 4.78 is 5.79. The van der Waals surface area contributed by atoms with Crippen LogP contribution in [0.15, 0.2) is 0 Å². The number of amides is 1. The Kier molecular flexibility index (Phi) is 6.93. The lowest BCUT2D eigenvalue weighted by atomic mass is 10.0. The standard InChI is InChI=1S/C16H30N2O3/c1-14(2)5-3-6-15-13-17(10-12-20-15)16(19)7-9-18-8-4-11-21-18/h14-15H,3-13H2,1-2H3/t15-/m1/s1. The smallest absolute Gasteiger partial charge is 0.224 e. The average molecular weight is 298 g/mol. The minimum Gasteiger partial charge on any atom is -0.375 e. The number of hydrogen-bond donors (Lipinski definition) is 0. The third kappa shape index (κ3) is 5.93. The highest BCUT2D eigenvalue weighted by Gasteiger charge is 2.24. The minimum absolute atomic E-state index is 0.226. The number of carbonyl (C=O) groups excluding carboxylic acids is 1. The van der Waals surface area contributed by atoms with Crippen molar-refractivity contribution in [1.29, 1.82) is 0 Å². The molecule has 122 valence electrons. The lowest BCUT2D eigenvalue weighted by Crippen LogP contribution is -2.46. The molecule has 1 amide bonds. The summed E-state index contributed by atoms with van der Waals surface area (Å²) in [6.07, 6.45) is 5.34. The highest BCUT2D eigenvalue weighted by Crippen LogP contribution is 2.15. The van der Waals surface area contributed by atoms with Gasteiger partial charge in [-0.25, -0.2) is 0 Å². The van der Waals surface area contributed by atoms with Gasteiger partial charge in [0.2, 0.25) is 5.91 Å². The SMILES string of the molecule is CC(C)CCC[C@@H]1CN(C(=O)CCN2CCCO2)CCO1. The van der Waals surface area contributed by atoms with E-state index in [-0.39, 0.29) is 12.0 Å². The van der Waals surface area contributed by atoms with E-state index in [0.29, 0.717) is 19.6 Å². The second kappa shape index (κ2) is 8.71. The Balaban J connectivity index is 1.65. The third-order valence-corrected chi connectivity index (χ3v) is 4.20. The second-order valence-electron chi connectivity index (χ2n) is 6.52. The van der Waals surface area contributed by atoms with Crippen LogP contribution >= 0.6 is 0 Å². The van der Waals surface area contributed by atoms with E-state index in [9.17, 15) is 4.79 Å². The molecular weight excluding hydrogens is 268 g/mol. The molecule has 2 fully saturated rings. The quantitative estimate of drug-likeness (QED) is 0.721. The maximum Gasteiger partial charge on any atom is 0.224 e. The second-order valence-corrected chi connectivity index (χ2v) is 6.52. The summed E-state index contributed by atoms with van der Waals surface area (Å²) in [7, 11) is 0. The van der Waals surface area contributed by atoms with Gasteiger partial charge in [0.1, 0.15) is 0 Å². The molecule has 5 heteroatoms. The first-order valence-electron chi connectivity index (χ1n) is 8.42. The third-order valence-electron chi connectivity index (χ3n) is 4.20. The lowest BCUT2D eigenvalue weighted by molar-refractivity contribution is -0.145. The summed E-state index contributed by atoms with van der Waals surface area (Å²) in [5.74, 6) is 0.981. The fourth-order valence-electron chi connectivity index (χ4n) is 2.93.